The maximum Gasteiger partial charge on any atom is 0.222 e. The number of nitrogens with two attached hydrogens (primary N) is 1. The van der Waals surface area contributed by atoms with Crippen LogP contribution in [0.1, 0.15) is 26.3 Å². The molecule has 0 bridgehead atoms. The highest BCUT2D eigenvalue weighted by Crippen LogP contribution is 2.07. The Morgan fingerprint density at radius 1 is 1.27 bits per heavy atom. The summed E-state index contributed by atoms with van der Waals surface area (Å²) in [4.78, 5) is 8.48. The molecule has 0 aliphatic rings. The zero-order valence-corrected chi connectivity index (χ0v) is 9.70. The van der Waals surface area contributed by atoms with Gasteiger partial charge in [-0.3, -0.25) is 0 Å². The average molecular weight is 208 g/mol. The molecule has 0 aliphatic carbocycles. The first-order chi connectivity index (χ1) is 7.11. The first-order valence-electron chi connectivity index (χ1n) is 5.39. The fraction of sp³-hybridized carbons (Fsp3) is 0.636. The van der Waals surface area contributed by atoms with Crippen molar-refractivity contribution in [2.24, 2.45) is 11.7 Å². The van der Waals surface area contributed by atoms with Gasteiger partial charge in [0.05, 0.1) is 0 Å². The van der Waals surface area contributed by atoms with Crippen LogP contribution in [-0.4, -0.2) is 22.6 Å². The molecule has 1 heterocycles. The van der Waals surface area contributed by atoms with Crippen molar-refractivity contribution in [3.63, 3.8) is 0 Å². The molecule has 1 aromatic heterocycles. The summed E-state index contributed by atoms with van der Waals surface area (Å²) in [5.41, 5.74) is 6.67. The lowest BCUT2D eigenvalue weighted by Gasteiger charge is -2.11. The van der Waals surface area contributed by atoms with E-state index in [0.29, 0.717) is 18.4 Å². The van der Waals surface area contributed by atoms with Gasteiger partial charge in [0.15, 0.2) is 0 Å². The van der Waals surface area contributed by atoms with Crippen molar-refractivity contribution in [1.29, 1.82) is 0 Å². The molecule has 0 aliphatic heterocycles. The highest BCUT2D eigenvalue weighted by Gasteiger charge is 2.02. The molecule has 0 fully saturated rings. The quantitative estimate of drug-likeness (QED) is 0.768. The molecule has 0 aromatic carbocycles. The van der Waals surface area contributed by atoms with Crippen LogP contribution in [0.3, 0.4) is 0 Å². The minimum atomic E-state index is 0.209. The van der Waals surface area contributed by atoms with E-state index >= 15 is 0 Å². The fourth-order valence-electron chi connectivity index (χ4n) is 1.29. The van der Waals surface area contributed by atoms with Crippen LogP contribution in [0.2, 0.25) is 0 Å². The van der Waals surface area contributed by atoms with E-state index in [1.807, 2.05) is 19.3 Å². The van der Waals surface area contributed by atoms with Gasteiger partial charge in [0.25, 0.3) is 0 Å². The minimum Gasteiger partial charge on any atom is -0.351 e. The lowest BCUT2D eigenvalue weighted by Crippen LogP contribution is -2.26. The Morgan fingerprint density at radius 3 is 2.33 bits per heavy atom. The van der Waals surface area contributed by atoms with Crippen LogP contribution in [0.5, 0.6) is 0 Å². The molecule has 1 rings (SSSR count). The van der Waals surface area contributed by atoms with E-state index in [4.69, 9.17) is 5.73 Å². The molecule has 4 nitrogen and oxygen atoms in total. The van der Waals surface area contributed by atoms with Crippen molar-refractivity contribution in [2.45, 2.75) is 33.2 Å². The van der Waals surface area contributed by atoms with E-state index in [1.54, 1.807) is 0 Å². The van der Waals surface area contributed by atoms with Crippen molar-refractivity contribution in [1.82, 2.24) is 9.97 Å². The number of anilines is 1. The predicted molar refractivity (Wildman–Crippen MR) is 62.7 cm³/mol. The number of aromatic nitrogens is 2. The van der Waals surface area contributed by atoms with Crippen molar-refractivity contribution >= 4 is 5.95 Å². The van der Waals surface area contributed by atoms with Crippen molar-refractivity contribution in [2.75, 3.05) is 11.9 Å². The molecule has 3 N–H and O–H groups in total. The molecule has 0 saturated carbocycles. The second-order valence-electron chi connectivity index (χ2n) is 4.29. The second kappa shape index (κ2) is 5.66. The van der Waals surface area contributed by atoms with E-state index in [1.165, 1.54) is 5.56 Å². The SMILES string of the molecule is CC(C)Cc1cnc(NC(C)CN)nc1. The van der Waals surface area contributed by atoms with Gasteiger partial charge in [-0.05, 0) is 24.8 Å². The standard InChI is InChI=1S/C11H20N4/c1-8(2)4-10-6-13-11(14-7-10)15-9(3)5-12/h6-9H,4-5,12H2,1-3H3,(H,13,14,15). The number of nitrogens with one attached hydrogen (secondary N) is 1. The van der Waals surface area contributed by atoms with E-state index in [9.17, 15) is 0 Å². The molecule has 4 heteroatoms. The maximum atomic E-state index is 5.50. The van der Waals surface area contributed by atoms with Crippen molar-refractivity contribution in [3.05, 3.63) is 18.0 Å². The highest BCUT2D eigenvalue weighted by molar-refractivity contribution is 5.26. The van der Waals surface area contributed by atoms with Crippen molar-refractivity contribution < 1.29 is 0 Å². The maximum absolute atomic E-state index is 5.50. The summed E-state index contributed by atoms with van der Waals surface area (Å²) in [6.07, 6.45) is 4.77. The lowest BCUT2D eigenvalue weighted by molar-refractivity contribution is 0.643. The third kappa shape index (κ3) is 4.25. The topological polar surface area (TPSA) is 63.8 Å². The second-order valence-corrected chi connectivity index (χ2v) is 4.29. The third-order valence-corrected chi connectivity index (χ3v) is 2.08. The summed E-state index contributed by atoms with van der Waals surface area (Å²) in [6, 6.07) is 0.209. The predicted octanol–water partition coefficient (Wildman–Crippen LogP) is 1.43. The van der Waals surface area contributed by atoms with E-state index in [0.717, 1.165) is 6.42 Å². The zero-order valence-electron chi connectivity index (χ0n) is 9.70. The molecule has 84 valence electrons. The Bertz CT molecular complexity index is 281. The van der Waals surface area contributed by atoms with E-state index < -0.39 is 0 Å². The molecule has 1 aromatic rings. The summed E-state index contributed by atoms with van der Waals surface area (Å²) in [7, 11) is 0. The van der Waals surface area contributed by atoms with Crippen LogP contribution in [-0.2, 0) is 6.42 Å². The van der Waals surface area contributed by atoms with Gasteiger partial charge < -0.3 is 11.1 Å². The van der Waals surface area contributed by atoms with Crippen LogP contribution in [0.4, 0.5) is 5.95 Å². The van der Waals surface area contributed by atoms with Crippen LogP contribution < -0.4 is 11.1 Å². The highest BCUT2D eigenvalue weighted by atomic mass is 15.1. The van der Waals surface area contributed by atoms with Crippen LogP contribution >= 0.6 is 0 Å². The molecular weight excluding hydrogens is 188 g/mol. The molecule has 1 unspecified atom stereocenters. The minimum absolute atomic E-state index is 0.209. The van der Waals surface area contributed by atoms with Gasteiger partial charge in [0.2, 0.25) is 5.95 Å². The summed E-state index contributed by atoms with van der Waals surface area (Å²) in [5, 5.41) is 3.12. The van der Waals surface area contributed by atoms with Crippen LogP contribution in [0, 0.1) is 5.92 Å². The number of hydrogen-bond donors (Lipinski definition) is 2. The van der Waals surface area contributed by atoms with Gasteiger partial charge in [-0.1, -0.05) is 13.8 Å². The van der Waals surface area contributed by atoms with Gasteiger partial charge in [-0.2, -0.15) is 0 Å². The van der Waals surface area contributed by atoms with E-state index in [2.05, 4.69) is 29.1 Å². The molecule has 1 atom stereocenters. The Balaban J connectivity index is 2.56. The molecule has 15 heavy (non-hydrogen) atoms. The normalized spacial score (nSPS) is 12.9. The fourth-order valence-corrected chi connectivity index (χ4v) is 1.29. The van der Waals surface area contributed by atoms with Gasteiger partial charge in [0, 0.05) is 25.0 Å². The summed E-state index contributed by atoms with van der Waals surface area (Å²) in [6.45, 7) is 6.95. The Morgan fingerprint density at radius 2 is 1.87 bits per heavy atom. The Labute approximate surface area is 91.3 Å². The smallest absolute Gasteiger partial charge is 0.222 e. The van der Waals surface area contributed by atoms with Gasteiger partial charge in [-0.15, -0.1) is 0 Å². The molecule has 0 saturated heterocycles. The van der Waals surface area contributed by atoms with Gasteiger partial charge in [-0.25, -0.2) is 9.97 Å². The number of hydrogen-bond acceptors (Lipinski definition) is 4. The first kappa shape index (κ1) is 11.9. The molecular formula is C11H20N4. The van der Waals surface area contributed by atoms with Gasteiger partial charge >= 0.3 is 0 Å². The largest absolute Gasteiger partial charge is 0.351 e. The number of rotatable bonds is 5. The zero-order chi connectivity index (χ0) is 11.3. The van der Waals surface area contributed by atoms with E-state index in [-0.39, 0.29) is 6.04 Å². The summed E-state index contributed by atoms with van der Waals surface area (Å²) < 4.78 is 0. The van der Waals surface area contributed by atoms with Gasteiger partial charge in [0.1, 0.15) is 0 Å². The first-order valence-corrected chi connectivity index (χ1v) is 5.39. The number of nitrogens with zero attached hydrogens (tertiary/aromatic N) is 2. The van der Waals surface area contributed by atoms with Crippen LogP contribution in [0.15, 0.2) is 12.4 Å². The molecule has 0 amide bonds. The third-order valence-electron chi connectivity index (χ3n) is 2.08. The van der Waals surface area contributed by atoms with Crippen molar-refractivity contribution in [3.8, 4) is 0 Å². The Kier molecular flexibility index (Phi) is 4.49. The Hall–Kier alpha value is -1.16. The molecule has 0 spiro atoms. The summed E-state index contributed by atoms with van der Waals surface area (Å²) >= 11 is 0. The monoisotopic (exact) mass is 208 g/mol. The summed E-state index contributed by atoms with van der Waals surface area (Å²) in [5.74, 6) is 1.29. The average Bonchev–Trinajstić information content (AvgIpc) is 2.20. The molecule has 0 radical (unpaired) electrons. The lowest BCUT2D eigenvalue weighted by atomic mass is 10.1. The van der Waals surface area contributed by atoms with Crippen LogP contribution in [0.25, 0.3) is 0 Å².